The van der Waals surface area contributed by atoms with E-state index in [9.17, 15) is 9.59 Å². The zero-order valence-electron chi connectivity index (χ0n) is 17.0. The van der Waals surface area contributed by atoms with Crippen LogP contribution in [0.1, 0.15) is 31.4 Å². The zero-order valence-corrected chi connectivity index (χ0v) is 17.0. The number of esters is 2. The maximum absolute atomic E-state index is 12.1. The van der Waals surface area contributed by atoms with E-state index >= 15 is 0 Å². The number of rotatable bonds is 9. The van der Waals surface area contributed by atoms with Crippen LogP contribution < -0.4 is 9.47 Å². The van der Waals surface area contributed by atoms with E-state index in [4.69, 9.17) is 19.5 Å². The fourth-order valence-electron chi connectivity index (χ4n) is 2.39. The molecule has 2 aromatic rings. The van der Waals surface area contributed by atoms with Gasteiger partial charge in [-0.1, -0.05) is 31.2 Å². The Balaban J connectivity index is 2.02. The average Bonchev–Trinajstić information content (AvgIpc) is 2.75. The van der Waals surface area contributed by atoms with Crippen molar-refractivity contribution in [3.63, 3.8) is 0 Å². The molecular formula is C24H23NO5. The number of hydrogen-bond donors (Lipinski definition) is 0. The van der Waals surface area contributed by atoms with Gasteiger partial charge in [0.2, 0.25) is 0 Å². The van der Waals surface area contributed by atoms with Gasteiger partial charge in [0, 0.05) is 6.08 Å². The average molecular weight is 405 g/mol. The molecule has 6 heteroatoms. The predicted molar refractivity (Wildman–Crippen MR) is 114 cm³/mol. The molecule has 0 aliphatic rings. The fraction of sp³-hybridized carbons (Fsp3) is 0.208. The molecule has 0 aromatic heterocycles. The number of nitrogens with zero attached hydrogens (tertiary/aromatic N) is 1. The first kappa shape index (κ1) is 22.4. The van der Waals surface area contributed by atoms with Gasteiger partial charge in [0.1, 0.15) is 23.1 Å². The van der Waals surface area contributed by atoms with E-state index in [1.165, 1.54) is 12.2 Å². The van der Waals surface area contributed by atoms with E-state index in [0.29, 0.717) is 17.9 Å². The highest BCUT2D eigenvalue weighted by Crippen LogP contribution is 2.17. The summed E-state index contributed by atoms with van der Waals surface area (Å²) in [6.07, 6.45) is 5.28. The molecule has 0 saturated heterocycles. The Kier molecular flexibility index (Phi) is 8.88. The van der Waals surface area contributed by atoms with Gasteiger partial charge in [-0.05, 0) is 60.9 Å². The molecule has 0 aliphatic heterocycles. The van der Waals surface area contributed by atoms with Gasteiger partial charge < -0.3 is 14.2 Å². The molecule has 0 spiro atoms. The first-order valence-corrected chi connectivity index (χ1v) is 9.57. The largest absolute Gasteiger partial charge is 0.494 e. The summed E-state index contributed by atoms with van der Waals surface area (Å²) in [5, 5.41) is 9.12. The Hall–Kier alpha value is -3.85. The molecule has 2 rings (SSSR count). The normalized spacial score (nSPS) is 11.0. The Morgan fingerprint density at radius 3 is 2.47 bits per heavy atom. The monoisotopic (exact) mass is 405 g/mol. The molecule has 0 aliphatic carbocycles. The van der Waals surface area contributed by atoms with Crippen molar-refractivity contribution in [2.24, 2.45) is 0 Å². The van der Waals surface area contributed by atoms with E-state index in [0.717, 1.165) is 17.7 Å². The minimum Gasteiger partial charge on any atom is -0.494 e. The Labute approximate surface area is 176 Å². The molecule has 0 radical (unpaired) electrons. The van der Waals surface area contributed by atoms with Gasteiger partial charge in [0.15, 0.2) is 0 Å². The molecular weight excluding hydrogens is 382 g/mol. The van der Waals surface area contributed by atoms with Crippen molar-refractivity contribution in [1.29, 1.82) is 5.26 Å². The van der Waals surface area contributed by atoms with Crippen molar-refractivity contribution in [2.45, 2.75) is 20.3 Å². The van der Waals surface area contributed by atoms with E-state index in [2.05, 4.69) is 0 Å². The predicted octanol–water partition coefficient (Wildman–Crippen LogP) is 4.56. The molecule has 0 saturated carbocycles. The molecule has 2 aromatic carbocycles. The Morgan fingerprint density at radius 2 is 1.80 bits per heavy atom. The van der Waals surface area contributed by atoms with Crippen molar-refractivity contribution in [2.75, 3.05) is 13.2 Å². The van der Waals surface area contributed by atoms with Crippen molar-refractivity contribution in [1.82, 2.24) is 0 Å². The van der Waals surface area contributed by atoms with Crippen LogP contribution in [0.4, 0.5) is 0 Å². The van der Waals surface area contributed by atoms with Crippen LogP contribution in [0.5, 0.6) is 11.5 Å². The maximum atomic E-state index is 12.1. The summed E-state index contributed by atoms with van der Waals surface area (Å²) >= 11 is 0. The number of carbonyl (C=O) groups is 2. The first-order chi connectivity index (χ1) is 14.5. The lowest BCUT2D eigenvalue weighted by Crippen LogP contribution is -2.06. The van der Waals surface area contributed by atoms with Crippen molar-refractivity contribution in [3.8, 4) is 17.6 Å². The zero-order chi connectivity index (χ0) is 21.8. The SMILES string of the molecule is CCCOc1ccc(/C=C/C(=O)Oc2cccc(/C=C(\C#N)C(=O)OCC)c2)cc1. The van der Waals surface area contributed by atoms with Gasteiger partial charge in [-0.2, -0.15) is 5.26 Å². The quantitative estimate of drug-likeness (QED) is 0.263. The van der Waals surface area contributed by atoms with Crippen molar-refractivity contribution in [3.05, 3.63) is 71.3 Å². The number of hydrogen-bond acceptors (Lipinski definition) is 6. The molecule has 0 bridgehead atoms. The molecule has 0 unspecified atom stereocenters. The highest BCUT2D eigenvalue weighted by molar-refractivity contribution is 5.98. The van der Waals surface area contributed by atoms with Crippen molar-refractivity contribution >= 4 is 24.1 Å². The fourth-order valence-corrected chi connectivity index (χ4v) is 2.39. The lowest BCUT2D eigenvalue weighted by molar-refractivity contribution is -0.138. The Morgan fingerprint density at radius 1 is 1.03 bits per heavy atom. The van der Waals surface area contributed by atoms with Gasteiger partial charge >= 0.3 is 11.9 Å². The van der Waals surface area contributed by atoms with E-state index < -0.39 is 11.9 Å². The van der Waals surface area contributed by atoms with E-state index in [-0.39, 0.29) is 12.2 Å². The second-order valence-corrected chi connectivity index (χ2v) is 6.13. The summed E-state index contributed by atoms with van der Waals surface area (Å²) < 4.78 is 15.6. The molecule has 0 amide bonds. The van der Waals surface area contributed by atoms with Gasteiger partial charge in [-0.25, -0.2) is 9.59 Å². The number of nitriles is 1. The van der Waals surface area contributed by atoms with Crippen LogP contribution in [0.25, 0.3) is 12.2 Å². The smallest absolute Gasteiger partial charge is 0.348 e. The summed E-state index contributed by atoms with van der Waals surface area (Å²) in [6, 6.07) is 15.7. The lowest BCUT2D eigenvalue weighted by Gasteiger charge is -2.04. The standard InChI is InChI=1S/C24H23NO5/c1-3-14-29-21-11-8-18(9-12-21)10-13-23(26)30-22-7-5-6-19(16-22)15-20(17-25)24(27)28-4-2/h5-13,15-16H,3-4,14H2,1-2H3/b13-10+,20-15+. The Bertz CT molecular complexity index is 968. The van der Waals surface area contributed by atoms with Crippen LogP contribution in [0.15, 0.2) is 60.2 Å². The molecule has 0 fully saturated rings. The molecule has 6 nitrogen and oxygen atoms in total. The maximum Gasteiger partial charge on any atom is 0.348 e. The summed E-state index contributed by atoms with van der Waals surface area (Å²) in [4.78, 5) is 23.8. The molecule has 154 valence electrons. The van der Waals surface area contributed by atoms with Gasteiger partial charge in [0.05, 0.1) is 13.2 Å². The van der Waals surface area contributed by atoms with Crippen LogP contribution in [-0.2, 0) is 14.3 Å². The summed E-state index contributed by atoms with van der Waals surface area (Å²) in [5.41, 5.74) is 1.24. The molecule has 0 heterocycles. The van der Waals surface area contributed by atoms with E-state index in [1.807, 2.05) is 37.3 Å². The second kappa shape index (κ2) is 11.9. The van der Waals surface area contributed by atoms with Gasteiger partial charge in [-0.3, -0.25) is 0 Å². The summed E-state index contributed by atoms with van der Waals surface area (Å²) in [5.74, 6) is -0.173. The first-order valence-electron chi connectivity index (χ1n) is 9.57. The molecule has 0 atom stereocenters. The summed E-state index contributed by atoms with van der Waals surface area (Å²) in [7, 11) is 0. The van der Waals surface area contributed by atoms with Crippen LogP contribution in [0.3, 0.4) is 0 Å². The topological polar surface area (TPSA) is 85.6 Å². The van der Waals surface area contributed by atoms with Crippen molar-refractivity contribution < 1.29 is 23.8 Å². The number of carbonyl (C=O) groups excluding carboxylic acids is 2. The van der Waals surface area contributed by atoms with Crippen LogP contribution >= 0.6 is 0 Å². The highest BCUT2D eigenvalue weighted by Gasteiger charge is 2.10. The molecule has 0 N–H and O–H groups in total. The minimum atomic E-state index is -0.698. The third-order valence-corrected chi connectivity index (χ3v) is 3.77. The van der Waals surface area contributed by atoms with Crippen LogP contribution in [-0.4, -0.2) is 25.2 Å². The summed E-state index contributed by atoms with van der Waals surface area (Å²) in [6.45, 7) is 4.54. The number of ether oxygens (including phenoxy) is 3. The third-order valence-electron chi connectivity index (χ3n) is 3.77. The second-order valence-electron chi connectivity index (χ2n) is 6.13. The van der Waals surface area contributed by atoms with Crippen LogP contribution in [0, 0.1) is 11.3 Å². The molecule has 30 heavy (non-hydrogen) atoms. The number of benzene rings is 2. The minimum absolute atomic E-state index is 0.133. The van der Waals surface area contributed by atoms with Gasteiger partial charge in [-0.15, -0.1) is 0 Å². The van der Waals surface area contributed by atoms with Crippen LogP contribution in [0.2, 0.25) is 0 Å². The third kappa shape index (κ3) is 7.28. The lowest BCUT2D eigenvalue weighted by atomic mass is 10.1. The van der Waals surface area contributed by atoms with E-state index in [1.54, 1.807) is 37.3 Å². The highest BCUT2D eigenvalue weighted by atomic mass is 16.5. The van der Waals surface area contributed by atoms with Gasteiger partial charge in [0.25, 0.3) is 0 Å².